The minimum Gasteiger partial charge on any atom is -0.373 e. The fourth-order valence-corrected chi connectivity index (χ4v) is 1.63. The summed E-state index contributed by atoms with van der Waals surface area (Å²) in [4.78, 5) is 22.8. The molecule has 0 saturated carbocycles. The first-order valence-electron chi connectivity index (χ1n) is 5.16. The van der Waals surface area contributed by atoms with Crippen LogP contribution in [0.5, 0.6) is 0 Å². The number of hydrogen-bond acceptors (Lipinski definition) is 3. The summed E-state index contributed by atoms with van der Waals surface area (Å²) in [5, 5.41) is 9.20. The van der Waals surface area contributed by atoms with Gasteiger partial charge in [-0.25, -0.2) is 0 Å². The van der Waals surface area contributed by atoms with E-state index < -0.39 is 17.7 Å². The van der Waals surface area contributed by atoms with E-state index in [1.54, 1.807) is 6.29 Å². The Labute approximate surface area is 96.4 Å². The molecule has 0 aromatic carbocycles. The second-order valence-corrected chi connectivity index (χ2v) is 4.25. The topological polar surface area (TPSA) is 57.6 Å². The predicted molar refractivity (Wildman–Crippen MR) is 51.7 cm³/mol. The van der Waals surface area contributed by atoms with Crippen molar-refractivity contribution in [2.24, 2.45) is 5.92 Å². The van der Waals surface area contributed by atoms with E-state index in [-0.39, 0.29) is 31.8 Å². The number of piperidine rings is 1. The van der Waals surface area contributed by atoms with E-state index in [2.05, 4.69) is 0 Å². The molecular weight excluding hydrogens is 239 g/mol. The molecule has 1 atom stereocenters. The van der Waals surface area contributed by atoms with Crippen LogP contribution in [0.2, 0.25) is 0 Å². The Morgan fingerprint density at radius 1 is 1.35 bits per heavy atom. The molecule has 0 aromatic heterocycles. The van der Waals surface area contributed by atoms with Crippen LogP contribution >= 0.6 is 0 Å². The maximum Gasteiger partial charge on any atom is 0.426 e. The highest BCUT2D eigenvalue weighted by atomic mass is 19.4. The van der Waals surface area contributed by atoms with Gasteiger partial charge in [0.25, 0.3) is 5.91 Å². The molecule has 0 bridgehead atoms. The zero-order valence-corrected chi connectivity index (χ0v) is 9.25. The summed E-state index contributed by atoms with van der Waals surface area (Å²) < 4.78 is 37.3. The van der Waals surface area contributed by atoms with Gasteiger partial charge >= 0.3 is 6.18 Å². The Morgan fingerprint density at radius 2 is 1.82 bits per heavy atom. The van der Waals surface area contributed by atoms with Crippen molar-refractivity contribution in [3.8, 4) is 0 Å². The molecule has 1 fully saturated rings. The number of carbonyl (C=O) groups is 1. The largest absolute Gasteiger partial charge is 0.426 e. The molecule has 1 heterocycles. The molecule has 1 saturated heterocycles. The summed E-state index contributed by atoms with van der Waals surface area (Å²) in [6, 6.07) is 0. The molecule has 7 heteroatoms. The van der Waals surface area contributed by atoms with E-state index in [4.69, 9.17) is 0 Å². The first-order chi connectivity index (χ1) is 7.70. The van der Waals surface area contributed by atoms with Gasteiger partial charge in [-0.15, -0.1) is 0 Å². The molecule has 1 radical (unpaired) electrons. The van der Waals surface area contributed by atoms with Gasteiger partial charge in [0.15, 0.2) is 0 Å². The molecule has 1 aliphatic heterocycles. The lowest BCUT2D eigenvalue weighted by Crippen LogP contribution is -2.57. The number of hydrogen-bond donors (Lipinski definition) is 1. The lowest BCUT2D eigenvalue weighted by molar-refractivity contribution is -0.250. The van der Waals surface area contributed by atoms with Crippen LogP contribution in [0.3, 0.4) is 0 Å². The van der Waals surface area contributed by atoms with Crippen LogP contribution in [0, 0.1) is 5.92 Å². The summed E-state index contributed by atoms with van der Waals surface area (Å²) in [5.74, 6) is -1.70. The first-order valence-corrected chi connectivity index (χ1v) is 5.16. The molecule has 97 valence electrons. The lowest BCUT2D eigenvalue weighted by Gasteiger charge is -2.35. The number of aliphatic hydroxyl groups is 1. The van der Waals surface area contributed by atoms with E-state index in [1.165, 1.54) is 0 Å². The zero-order valence-electron chi connectivity index (χ0n) is 9.25. The fourth-order valence-electron chi connectivity index (χ4n) is 1.63. The minimum atomic E-state index is -5.00. The highest BCUT2D eigenvalue weighted by Crippen LogP contribution is 2.32. The van der Waals surface area contributed by atoms with Crippen molar-refractivity contribution in [2.45, 2.75) is 31.5 Å². The van der Waals surface area contributed by atoms with Gasteiger partial charge in [-0.3, -0.25) is 9.59 Å². The Kier molecular flexibility index (Phi) is 3.81. The molecule has 0 aromatic rings. The summed E-state index contributed by atoms with van der Waals surface area (Å²) in [6.45, 7) is 0.503. The summed E-state index contributed by atoms with van der Waals surface area (Å²) in [6.07, 6.45) is -2.68. The van der Waals surface area contributed by atoms with Gasteiger partial charge in [-0.1, -0.05) is 0 Å². The second kappa shape index (κ2) is 4.64. The predicted octanol–water partition coefficient (Wildman–Crippen LogP) is 0.648. The molecule has 0 unspecified atom stereocenters. The molecular formula is C10H13F3NO3. The van der Waals surface area contributed by atoms with Gasteiger partial charge in [-0.2, -0.15) is 13.2 Å². The monoisotopic (exact) mass is 252 g/mol. The van der Waals surface area contributed by atoms with Crippen molar-refractivity contribution >= 4 is 12.2 Å². The summed E-state index contributed by atoms with van der Waals surface area (Å²) in [7, 11) is 0. The molecule has 1 aliphatic rings. The maximum atomic E-state index is 12.4. The minimum absolute atomic E-state index is 0.0327. The Balaban J connectivity index is 2.69. The van der Waals surface area contributed by atoms with Crippen LogP contribution in [-0.4, -0.2) is 47.1 Å². The molecule has 0 aliphatic carbocycles. The SMILES string of the molecule is C[C@@](O)(C(=O)N1CCC([C]=O)CC1)C(F)(F)F. The van der Waals surface area contributed by atoms with Gasteiger partial charge in [0, 0.05) is 19.0 Å². The molecule has 1 N–H and O–H groups in total. The zero-order chi connectivity index (χ0) is 13.3. The number of alkyl halides is 3. The Hall–Kier alpha value is -1.11. The van der Waals surface area contributed by atoms with E-state index in [0.717, 1.165) is 4.90 Å². The average Bonchev–Trinajstić information content (AvgIpc) is 2.26. The molecule has 17 heavy (non-hydrogen) atoms. The standard InChI is InChI=1S/C10H13F3NO3/c1-9(17,10(11,12)13)8(16)14-4-2-7(6-15)3-5-14/h7,17H,2-5H2,1H3/t9-/m1/s1. The van der Waals surface area contributed by atoms with E-state index in [0.29, 0.717) is 6.92 Å². The van der Waals surface area contributed by atoms with Crippen molar-refractivity contribution < 1.29 is 27.9 Å². The highest BCUT2D eigenvalue weighted by Gasteiger charge is 2.57. The molecule has 4 nitrogen and oxygen atoms in total. The number of halogens is 3. The van der Waals surface area contributed by atoms with Crippen LogP contribution in [0.25, 0.3) is 0 Å². The van der Waals surface area contributed by atoms with Gasteiger partial charge in [0.05, 0.1) is 0 Å². The van der Waals surface area contributed by atoms with Crippen molar-refractivity contribution in [3.63, 3.8) is 0 Å². The van der Waals surface area contributed by atoms with Gasteiger partial charge in [-0.05, 0) is 19.8 Å². The number of rotatable bonds is 2. The lowest BCUT2D eigenvalue weighted by atomic mass is 9.96. The third-order valence-corrected chi connectivity index (χ3v) is 2.92. The normalized spacial score (nSPS) is 22.1. The van der Waals surface area contributed by atoms with E-state index in [9.17, 15) is 27.9 Å². The third-order valence-electron chi connectivity index (χ3n) is 2.92. The van der Waals surface area contributed by atoms with Crippen LogP contribution in [0.1, 0.15) is 19.8 Å². The molecule has 1 amide bonds. The summed E-state index contributed by atoms with van der Waals surface area (Å²) in [5.41, 5.74) is -3.37. The van der Waals surface area contributed by atoms with Crippen molar-refractivity contribution in [3.05, 3.63) is 0 Å². The van der Waals surface area contributed by atoms with Gasteiger partial charge in [0.1, 0.15) is 0 Å². The maximum absolute atomic E-state index is 12.4. The number of carbonyl (C=O) groups excluding carboxylic acids is 2. The van der Waals surface area contributed by atoms with Crippen LogP contribution in [0.15, 0.2) is 0 Å². The number of likely N-dealkylation sites (tertiary alicyclic amines) is 1. The molecule has 0 spiro atoms. The van der Waals surface area contributed by atoms with Crippen molar-refractivity contribution in [2.75, 3.05) is 13.1 Å². The van der Waals surface area contributed by atoms with Crippen molar-refractivity contribution in [1.29, 1.82) is 0 Å². The van der Waals surface area contributed by atoms with Crippen LogP contribution < -0.4 is 0 Å². The third kappa shape index (κ3) is 2.77. The van der Waals surface area contributed by atoms with Gasteiger partial charge in [0.2, 0.25) is 11.9 Å². The van der Waals surface area contributed by atoms with E-state index in [1.807, 2.05) is 0 Å². The highest BCUT2D eigenvalue weighted by molar-refractivity contribution is 5.85. The van der Waals surface area contributed by atoms with Crippen LogP contribution in [0.4, 0.5) is 13.2 Å². The number of nitrogens with zero attached hydrogens (tertiary/aromatic N) is 1. The van der Waals surface area contributed by atoms with Crippen LogP contribution in [-0.2, 0) is 9.59 Å². The first kappa shape index (κ1) is 14.0. The van der Waals surface area contributed by atoms with Crippen molar-refractivity contribution in [1.82, 2.24) is 4.90 Å². The van der Waals surface area contributed by atoms with Gasteiger partial charge < -0.3 is 10.0 Å². The fraction of sp³-hybridized carbons (Fsp3) is 0.800. The second-order valence-electron chi connectivity index (χ2n) is 4.25. The smallest absolute Gasteiger partial charge is 0.373 e. The van der Waals surface area contributed by atoms with E-state index >= 15 is 0 Å². The number of amides is 1. The summed E-state index contributed by atoms with van der Waals surface area (Å²) >= 11 is 0. The Morgan fingerprint density at radius 3 is 2.18 bits per heavy atom. The Bertz CT molecular complexity index is 306. The quantitative estimate of drug-likeness (QED) is 0.785. The average molecular weight is 252 g/mol. The molecule has 1 rings (SSSR count).